The Kier molecular flexibility index (Phi) is 5.15. The van der Waals surface area contributed by atoms with Crippen LogP contribution < -0.4 is 0 Å². The molecule has 1 saturated heterocycles. The Morgan fingerprint density at radius 2 is 1.88 bits per heavy atom. The van der Waals surface area contributed by atoms with Gasteiger partial charge in [-0.15, -0.1) is 11.8 Å². The molecule has 0 aromatic heterocycles. The molecule has 1 unspecified atom stereocenters. The summed E-state index contributed by atoms with van der Waals surface area (Å²) in [5, 5.41) is 0. The molecule has 0 bridgehead atoms. The van der Waals surface area contributed by atoms with E-state index in [1.54, 1.807) is 18.9 Å². The van der Waals surface area contributed by atoms with Gasteiger partial charge in [-0.3, -0.25) is 4.79 Å². The quantitative estimate of drug-likeness (QED) is 0.711. The fourth-order valence-electron chi connectivity index (χ4n) is 2.95. The second-order valence-electron chi connectivity index (χ2n) is 6.79. The maximum atomic E-state index is 13.2. The summed E-state index contributed by atoms with van der Waals surface area (Å²) in [5.41, 5.74) is 0.455. The monoisotopic (exact) mass is 418 g/mol. The average Bonchev–Trinajstić information content (AvgIpc) is 3.28. The van der Waals surface area contributed by atoms with E-state index < -0.39 is 25.9 Å². The van der Waals surface area contributed by atoms with Gasteiger partial charge >= 0.3 is 0 Å². The predicted molar refractivity (Wildman–Crippen MR) is 100 cm³/mol. The smallest absolute Gasteiger partial charge is 0.244 e. The zero-order valence-corrected chi connectivity index (χ0v) is 17.3. The van der Waals surface area contributed by atoms with Gasteiger partial charge in [-0.1, -0.05) is 6.07 Å². The minimum atomic E-state index is -3.98. The minimum Gasteiger partial charge on any atom is -0.341 e. The maximum absolute atomic E-state index is 13.2. The summed E-state index contributed by atoms with van der Waals surface area (Å²) in [7, 11) is -5.81. The van der Waals surface area contributed by atoms with Crippen LogP contribution >= 0.6 is 11.8 Å². The molecule has 1 atom stereocenters. The van der Waals surface area contributed by atoms with Crippen LogP contribution in [-0.2, 0) is 24.7 Å². The highest BCUT2D eigenvalue weighted by atomic mass is 32.2. The van der Waals surface area contributed by atoms with Crippen molar-refractivity contribution >= 4 is 37.5 Å². The van der Waals surface area contributed by atoms with Gasteiger partial charge in [-0.25, -0.2) is 16.8 Å². The molecular weight excluding hydrogens is 396 g/mol. The van der Waals surface area contributed by atoms with E-state index in [1.165, 1.54) is 34.3 Å². The highest BCUT2D eigenvalue weighted by Crippen LogP contribution is 2.33. The van der Waals surface area contributed by atoms with Crippen LogP contribution in [0.2, 0.25) is 0 Å². The van der Waals surface area contributed by atoms with E-state index in [4.69, 9.17) is 0 Å². The van der Waals surface area contributed by atoms with Gasteiger partial charge in [0.25, 0.3) is 0 Å². The lowest BCUT2D eigenvalue weighted by atomic mass is 10.2. The van der Waals surface area contributed by atoms with Crippen LogP contribution in [0.3, 0.4) is 0 Å². The summed E-state index contributed by atoms with van der Waals surface area (Å²) in [6.45, 7) is 1.62. The molecule has 144 valence electrons. The van der Waals surface area contributed by atoms with E-state index in [9.17, 15) is 21.6 Å². The Balaban J connectivity index is 1.98. The molecule has 2 aliphatic rings. The van der Waals surface area contributed by atoms with Crippen molar-refractivity contribution in [3.63, 3.8) is 0 Å². The van der Waals surface area contributed by atoms with Crippen LogP contribution in [0.15, 0.2) is 28.0 Å². The van der Waals surface area contributed by atoms with Crippen molar-refractivity contribution in [3.05, 3.63) is 23.8 Å². The molecule has 0 spiro atoms. The van der Waals surface area contributed by atoms with Crippen molar-refractivity contribution in [1.29, 1.82) is 0 Å². The molecule has 1 aromatic carbocycles. The summed E-state index contributed by atoms with van der Waals surface area (Å²) in [6, 6.07) is 3.52. The second-order valence-corrected chi connectivity index (χ2v) is 11.7. The third-order valence-corrected chi connectivity index (χ3v) is 9.03. The lowest BCUT2D eigenvalue weighted by Crippen LogP contribution is -2.48. The van der Waals surface area contributed by atoms with Crippen molar-refractivity contribution < 1.29 is 21.6 Å². The lowest BCUT2D eigenvalue weighted by Gasteiger charge is -2.27. The number of sulfone groups is 1. The third-order valence-electron chi connectivity index (χ3n) is 4.74. The molecule has 1 aliphatic carbocycles. The number of aryl methyl sites for hydroxylation is 1. The van der Waals surface area contributed by atoms with Crippen molar-refractivity contribution in [3.8, 4) is 0 Å². The topological polar surface area (TPSA) is 91.8 Å². The molecule has 1 aliphatic heterocycles. The number of hydrogen-bond acceptors (Lipinski definition) is 6. The third kappa shape index (κ3) is 3.64. The molecule has 2 fully saturated rings. The Labute approximate surface area is 158 Å². The molecule has 1 aromatic rings. The molecule has 1 amide bonds. The molecule has 1 saturated carbocycles. The molecule has 7 nitrogen and oxygen atoms in total. The van der Waals surface area contributed by atoms with Gasteiger partial charge in [-0.05, 0) is 37.5 Å². The number of thioether (sulfide) groups is 1. The number of hydrogen-bond donors (Lipinski definition) is 0. The Bertz CT molecular complexity index is 939. The fourth-order valence-corrected chi connectivity index (χ4v) is 7.06. The number of benzene rings is 1. The zero-order chi connectivity index (χ0) is 19.3. The Morgan fingerprint density at radius 1 is 1.23 bits per heavy atom. The molecule has 0 N–H and O–H groups in total. The molecule has 10 heteroatoms. The SMILES string of the molecule is Cc1ccc(S(C)(=O)=O)cc1S(=O)(=O)N1CSCC1C(=O)N(C)C1CC1. The number of rotatable bonds is 5. The van der Waals surface area contributed by atoms with Gasteiger partial charge in [0.05, 0.1) is 15.7 Å². The summed E-state index contributed by atoms with van der Waals surface area (Å²) in [4.78, 5) is 14.3. The average molecular weight is 419 g/mol. The van der Waals surface area contributed by atoms with E-state index in [-0.39, 0.29) is 27.6 Å². The van der Waals surface area contributed by atoms with E-state index in [0.717, 1.165) is 19.1 Å². The second kappa shape index (κ2) is 6.81. The van der Waals surface area contributed by atoms with Gasteiger partial charge in [0.15, 0.2) is 9.84 Å². The molecule has 0 radical (unpaired) electrons. The predicted octanol–water partition coefficient (Wildman–Crippen LogP) is 1.08. The van der Waals surface area contributed by atoms with Crippen molar-refractivity contribution in [1.82, 2.24) is 9.21 Å². The number of sulfonamides is 1. The molecule has 26 heavy (non-hydrogen) atoms. The summed E-state index contributed by atoms with van der Waals surface area (Å²) >= 11 is 1.39. The minimum absolute atomic E-state index is 0.0495. The lowest BCUT2D eigenvalue weighted by molar-refractivity contribution is -0.133. The first-order valence-electron chi connectivity index (χ1n) is 8.20. The zero-order valence-electron chi connectivity index (χ0n) is 14.9. The summed E-state index contributed by atoms with van der Waals surface area (Å²) in [6.07, 6.45) is 2.94. The first-order chi connectivity index (χ1) is 12.0. The number of nitrogens with zero attached hydrogens (tertiary/aromatic N) is 2. The normalized spacial score (nSPS) is 21.7. The van der Waals surface area contributed by atoms with E-state index in [1.807, 2.05) is 0 Å². The highest BCUT2D eigenvalue weighted by molar-refractivity contribution is 8.00. The molecule has 3 rings (SSSR count). The maximum Gasteiger partial charge on any atom is 0.244 e. The number of carbonyl (C=O) groups excluding carboxylic acids is 1. The van der Waals surface area contributed by atoms with Crippen LogP contribution in [0.5, 0.6) is 0 Å². The van der Waals surface area contributed by atoms with Crippen LogP contribution in [-0.4, -0.2) is 69.0 Å². The van der Waals surface area contributed by atoms with Crippen molar-refractivity contribution in [2.75, 3.05) is 24.9 Å². The molecule has 1 heterocycles. The van der Waals surface area contributed by atoms with Crippen LogP contribution in [0, 0.1) is 6.92 Å². The summed E-state index contributed by atoms with van der Waals surface area (Å²) < 4.78 is 51.2. The number of amides is 1. The van der Waals surface area contributed by atoms with Gasteiger partial charge in [0.1, 0.15) is 6.04 Å². The molecular formula is C16H22N2O5S3. The van der Waals surface area contributed by atoms with E-state index in [2.05, 4.69) is 0 Å². The first-order valence-corrected chi connectivity index (χ1v) is 12.7. The Hall–Kier alpha value is -1.10. The number of carbonyl (C=O) groups is 1. The number of likely N-dealkylation sites (N-methyl/N-ethyl adjacent to an activating group) is 1. The standard InChI is InChI=1S/C16H22N2O5S3/c1-11-4-7-13(25(3,20)21)8-15(11)26(22,23)18-10-24-9-14(18)16(19)17(2)12-5-6-12/h4,7-8,12,14H,5-6,9-10H2,1-3H3. The van der Waals surface area contributed by atoms with Crippen LogP contribution in [0.1, 0.15) is 18.4 Å². The largest absolute Gasteiger partial charge is 0.341 e. The fraction of sp³-hybridized carbons (Fsp3) is 0.562. The van der Waals surface area contributed by atoms with Crippen molar-refractivity contribution in [2.24, 2.45) is 0 Å². The van der Waals surface area contributed by atoms with Crippen molar-refractivity contribution in [2.45, 2.75) is 41.6 Å². The van der Waals surface area contributed by atoms with Crippen LogP contribution in [0.25, 0.3) is 0 Å². The summed E-state index contributed by atoms with van der Waals surface area (Å²) in [5.74, 6) is 0.387. The van der Waals surface area contributed by atoms with Gasteiger partial charge in [0.2, 0.25) is 15.9 Å². The highest BCUT2D eigenvalue weighted by Gasteiger charge is 2.44. The van der Waals surface area contributed by atoms with Gasteiger partial charge in [-0.2, -0.15) is 4.31 Å². The Morgan fingerprint density at radius 3 is 2.46 bits per heavy atom. The van der Waals surface area contributed by atoms with Gasteiger partial charge < -0.3 is 4.90 Å². The van der Waals surface area contributed by atoms with Gasteiger partial charge in [0, 0.05) is 25.1 Å². The van der Waals surface area contributed by atoms with E-state index >= 15 is 0 Å². The first kappa shape index (κ1) is 19.7. The van der Waals surface area contributed by atoms with Crippen LogP contribution in [0.4, 0.5) is 0 Å². The van der Waals surface area contributed by atoms with E-state index in [0.29, 0.717) is 11.3 Å².